The minimum Gasteiger partial charge on any atom is -0.488 e. The predicted molar refractivity (Wildman–Crippen MR) is 83.7 cm³/mol. The van der Waals surface area contributed by atoms with Crippen molar-refractivity contribution in [3.63, 3.8) is 0 Å². The van der Waals surface area contributed by atoms with E-state index in [2.05, 4.69) is 0 Å². The molecule has 0 unspecified atom stereocenters. The summed E-state index contributed by atoms with van der Waals surface area (Å²) in [6.07, 6.45) is 0.305. The standard InChI is InChI=1S/C17H15FN2O4/c18-9-1-8-2-10(6-19)24-16(8)12(3-9)11-4-14-15(23-7-22-14)5-13(11)17(20)21/h1,3-5,10H,2,6-7,19H2,(H2,20,21)/t10-/m0/s1. The number of primary amides is 1. The van der Waals surface area contributed by atoms with Gasteiger partial charge in [-0.15, -0.1) is 0 Å². The first-order chi connectivity index (χ1) is 11.6. The maximum absolute atomic E-state index is 14.1. The molecule has 4 N–H and O–H groups in total. The molecule has 0 saturated carbocycles. The van der Waals surface area contributed by atoms with E-state index in [1.165, 1.54) is 18.2 Å². The molecule has 4 rings (SSSR count). The van der Waals surface area contributed by atoms with Crippen LogP contribution in [0.4, 0.5) is 4.39 Å². The van der Waals surface area contributed by atoms with Crippen LogP contribution in [0, 0.1) is 5.82 Å². The SMILES string of the molecule is NC[C@@H]1Cc2cc(F)cc(-c3cc4c(cc3C(N)=O)OCO4)c2O1. The highest BCUT2D eigenvalue weighted by molar-refractivity contribution is 6.01. The van der Waals surface area contributed by atoms with Crippen LogP contribution < -0.4 is 25.7 Å². The fraction of sp³-hybridized carbons (Fsp3) is 0.235. The summed E-state index contributed by atoms with van der Waals surface area (Å²) in [6.45, 7) is 0.379. The van der Waals surface area contributed by atoms with Gasteiger partial charge in [-0.2, -0.15) is 0 Å². The number of carbonyl (C=O) groups excluding carboxylic acids is 1. The molecule has 124 valence electrons. The summed E-state index contributed by atoms with van der Waals surface area (Å²) in [5.74, 6) is 0.365. The molecule has 0 saturated heterocycles. The molecule has 24 heavy (non-hydrogen) atoms. The summed E-state index contributed by atoms with van der Waals surface area (Å²) in [5, 5.41) is 0. The zero-order chi connectivity index (χ0) is 16.8. The van der Waals surface area contributed by atoms with Gasteiger partial charge in [0.1, 0.15) is 17.7 Å². The predicted octanol–water partition coefficient (Wildman–Crippen LogP) is 1.58. The highest BCUT2D eigenvalue weighted by atomic mass is 19.1. The van der Waals surface area contributed by atoms with Crippen LogP contribution in [-0.2, 0) is 6.42 Å². The lowest BCUT2D eigenvalue weighted by Gasteiger charge is -2.14. The van der Waals surface area contributed by atoms with E-state index in [0.717, 1.165) is 0 Å². The first-order valence-corrected chi connectivity index (χ1v) is 7.49. The van der Waals surface area contributed by atoms with Crippen LogP contribution in [0.25, 0.3) is 11.1 Å². The van der Waals surface area contributed by atoms with Gasteiger partial charge in [-0.25, -0.2) is 4.39 Å². The molecule has 1 amide bonds. The zero-order valence-corrected chi connectivity index (χ0v) is 12.7. The van der Waals surface area contributed by atoms with Gasteiger partial charge in [-0.1, -0.05) is 0 Å². The van der Waals surface area contributed by atoms with Crippen molar-refractivity contribution in [2.24, 2.45) is 11.5 Å². The van der Waals surface area contributed by atoms with Gasteiger partial charge in [-0.05, 0) is 24.3 Å². The van der Waals surface area contributed by atoms with Crippen LogP contribution in [0.3, 0.4) is 0 Å². The van der Waals surface area contributed by atoms with E-state index in [1.807, 2.05) is 0 Å². The van der Waals surface area contributed by atoms with Gasteiger partial charge in [0.2, 0.25) is 12.7 Å². The third kappa shape index (κ3) is 2.25. The van der Waals surface area contributed by atoms with Gasteiger partial charge in [0.15, 0.2) is 11.5 Å². The molecule has 0 aliphatic carbocycles. The van der Waals surface area contributed by atoms with E-state index in [9.17, 15) is 9.18 Å². The molecule has 7 heteroatoms. The summed E-state index contributed by atoms with van der Waals surface area (Å²) in [6, 6.07) is 5.87. The third-order valence-electron chi connectivity index (χ3n) is 4.19. The summed E-state index contributed by atoms with van der Waals surface area (Å²) in [7, 11) is 0. The Morgan fingerprint density at radius 1 is 1.17 bits per heavy atom. The van der Waals surface area contributed by atoms with E-state index in [-0.39, 0.29) is 18.5 Å². The molecule has 0 aromatic heterocycles. The van der Waals surface area contributed by atoms with E-state index in [0.29, 0.717) is 46.9 Å². The number of hydrogen-bond acceptors (Lipinski definition) is 5. The molecular weight excluding hydrogens is 315 g/mol. The number of hydrogen-bond donors (Lipinski definition) is 2. The monoisotopic (exact) mass is 330 g/mol. The van der Waals surface area contributed by atoms with Crippen LogP contribution in [0.2, 0.25) is 0 Å². The molecular formula is C17H15FN2O4. The lowest BCUT2D eigenvalue weighted by molar-refractivity contribution is 0.100. The first kappa shape index (κ1) is 14.8. The number of rotatable bonds is 3. The molecule has 2 aliphatic rings. The first-order valence-electron chi connectivity index (χ1n) is 7.49. The largest absolute Gasteiger partial charge is 0.488 e. The Labute approximate surface area is 137 Å². The van der Waals surface area contributed by atoms with Gasteiger partial charge in [0.05, 0.1) is 5.56 Å². The molecule has 2 aliphatic heterocycles. The molecule has 2 aromatic rings. The highest BCUT2D eigenvalue weighted by Crippen LogP contribution is 2.44. The lowest BCUT2D eigenvalue weighted by Crippen LogP contribution is -2.24. The number of amides is 1. The van der Waals surface area contributed by atoms with Gasteiger partial charge in [-0.3, -0.25) is 4.79 Å². The molecule has 0 bridgehead atoms. The average molecular weight is 330 g/mol. The summed E-state index contributed by atoms with van der Waals surface area (Å²) < 4.78 is 30.6. The summed E-state index contributed by atoms with van der Waals surface area (Å²) >= 11 is 0. The Bertz CT molecular complexity index is 853. The second kappa shape index (κ2) is 5.38. The Morgan fingerprint density at radius 3 is 2.62 bits per heavy atom. The number of ether oxygens (including phenoxy) is 3. The normalized spacial score (nSPS) is 17.5. The number of carbonyl (C=O) groups is 1. The average Bonchev–Trinajstić information content (AvgIpc) is 3.18. The summed E-state index contributed by atoms with van der Waals surface area (Å²) in [4.78, 5) is 11.9. The number of benzene rings is 2. The van der Waals surface area contributed by atoms with Gasteiger partial charge >= 0.3 is 0 Å². The molecule has 2 heterocycles. The van der Waals surface area contributed by atoms with Crippen molar-refractivity contribution in [2.75, 3.05) is 13.3 Å². The third-order valence-corrected chi connectivity index (χ3v) is 4.19. The number of fused-ring (bicyclic) bond motifs is 2. The summed E-state index contributed by atoms with van der Waals surface area (Å²) in [5.41, 5.74) is 13.0. The maximum Gasteiger partial charge on any atom is 0.249 e. The second-order valence-corrected chi connectivity index (χ2v) is 5.74. The Kier molecular flexibility index (Phi) is 3.31. The van der Waals surface area contributed by atoms with E-state index >= 15 is 0 Å². The van der Waals surface area contributed by atoms with Gasteiger partial charge in [0.25, 0.3) is 0 Å². The van der Waals surface area contributed by atoms with Crippen molar-refractivity contribution >= 4 is 5.91 Å². The van der Waals surface area contributed by atoms with Crippen LogP contribution in [0.5, 0.6) is 17.2 Å². The van der Waals surface area contributed by atoms with Crippen molar-refractivity contribution in [3.8, 4) is 28.4 Å². The topological polar surface area (TPSA) is 96.8 Å². The molecule has 2 aromatic carbocycles. The number of nitrogens with two attached hydrogens (primary N) is 2. The Morgan fingerprint density at radius 2 is 1.92 bits per heavy atom. The van der Waals surface area contributed by atoms with Crippen LogP contribution in [0.1, 0.15) is 15.9 Å². The minimum atomic E-state index is -0.644. The van der Waals surface area contributed by atoms with Crippen molar-refractivity contribution in [1.29, 1.82) is 0 Å². The molecule has 0 fully saturated rings. The smallest absolute Gasteiger partial charge is 0.249 e. The second-order valence-electron chi connectivity index (χ2n) is 5.74. The highest BCUT2D eigenvalue weighted by Gasteiger charge is 2.29. The van der Waals surface area contributed by atoms with E-state index in [4.69, 9.17) is 25.7 Å². The fourth-order valence-corrected chi connectivity index (χ4v) is 3.09. The Balaban J connectivity index is 1.93. The maximum atomic E-state index is 14.1. The van der Waals surface area contributed by atoms with Crippen LogP contribution in [0.15, 0.2) is 24.3 Å². The fourth-order valence-electron chi connectivity index (χ4n) is 3.09. The zero-order valence-electron chi connectivity index (χ0n) is 12.7. The Hall–Kier alpha value is -2.80. The van der Waals surface area contributed by atoms with Crippen LogP contribution >= 0.6 is 0 Å². The van der Waals surface area contributed by atoms with Crippen molar-refractivity contribution in [3.05, 3.63) is 41.2 Å². The minimum absolute atomic E-state index is 0.0595. The molecule has 0 radical (unpaired) electrons. The molecule has 0 spiro atoms. The van der Waals surface area contributed by atoms with Gasteiger partial charge < -0.3 is 25.7 Å². The lowest BCUT2D eigenvalue weighted by atomic mass is 9.95. The van der Waals surface area contributed by atoms with E-state index < -0.39 is 11.7 Å². The molecule has 1 atom stereocenters. The quantitative estimate of drug-likeness (QED) is 0.891. The van der Waals surface area contributed by atoms with E-state index in [1.54, 1.807) is 6.07 Å². The van der Waals surface area contributed by atoms with Crippen molar-refractivity contribution in [1.82, 2.24) is 0 Å². The van der Waals surface area contributed by atoms with Crippen molar-refractivity contribution in [2.45, 2.75) is 12.5 Å². The molecule has 6 nitrogen and oxygen atoms in total. The van der Waals surface area contributed by atoms with Gasteiger partial charge in [0, 0.05) is 29.7 Å². The van der Waals surface area contributed by atoms with Crippen LogP contribution in [-0.4, -0.2) is 25.3 Å². The van der Waals surface area contributed by atoms with Crippen molar-refractivity contribution < 1.29 is 23.4 Å². The number of halogens is 1.